The average molecular weight is 546 g/mol. The van der Waals surface area contributed by atoms with Crippen molar-refractivity contribution >= 4 is 16.6 Å². The third kappa shape index (κ3) is 6.47. The van der Waals surface area contributed by atoms with Gasteiger partial charge < -0.3 is 13.6 Å². The van der Waals surface area contributed by atoms with Crippen LogP contribution >= 0.6 is 0 Å². The van der Waals surface area contributed by atoms with E-state index in [0.29, 0.717) is 0 Å². The maximum atomic E-state index is 11.2. The molecule has 0 bridgehead atoms. The standard InChI is InChI=1S/C32H43NO3Si2/c1-31(2,3)38(8,9)35-29(25-20-22-28(34-4)23-21-25)30(36-37(5,6)7)32(24-33,26-16-12-10-13-17-26)27-18-14-11-15-19-27/h10-23,29-30H,1-9H3/t29-,30+/m0/s1. The zero-order valence-corrected chi connectivity index (χ0v) is 26.4. The SMILES string of the molecule is COc1ccc([C@H](O[Si](C)(C)C(C)(C)C)[C@@H](O[Si](C)(C)C)C(C#N)(c2ccccc2)c2ccccc2)cc1. The molecule has 0 saturated heterocycles. The van der Waals surface area contributed by atoms with Gasteiger partial charge in [-0.1, -0.05) is 93.6 Å². The molecule has 0 aromatic heterocycles. The van der Waals surface area contributed by atoms with Crippen molar-refractivity contribution in [2.75, 3.05) is 7.11 Å². The molecule has 202 valence electrons. The van der Waals surface area contributed by atoms with Crippen LogP contribution in [0, 0.1) is 11.3 Å². The van der Waals surface area contributed by atoms with E-state index in [2.05, 4.69) is 71.7 Å². The molecule has 2 atom stereocenters. The minimum Gasteiger partial charge on any atom is -0.497 e. The third-order valence-corrected chi connectivity index (χ3v) is 12.9. The van der Waals surface area contributed by atoms with E-state index in [-0.39, 0.29) is 5.04 Å². The first-order chi connectivity index (χ1) is 17.7. The Hall–Kier alpha value is -2.70. The lowest BCUT2D eigenvalue weighted by Crippen LogP contribution is -2.53. The average Bonchev–Trinajstić information content (AvgIpc) is 2.87. The number of ether oxygens (including phenoxy) is 1. The molecule has 0 radical (unpaired) electrons. The predicted octanol–water partition coefficient (Wildman–Crippen LogP) is 8.49. The first-order valence-electron chi connectivity index (χ1n) is 13.3. The van der Waals surface area contributed by atoms with Crippen LogP contribution in [0.3, 0.4) is 0 Å². The van der Waals surface area contributed by atoms with E-state index >= 15 is 0 Å². The van der Waals surface area contributed by atoms with E-state index in [4.69, 9.17) is 13.6 Å². The summed E-state index contributed by atoms with van der Waals surface area (Å²) in [6.07, 6.45) is -1.07. The maximum Gasteiger partial charge on any atom is 0.193 e. The molecule has 4 nitrogen and oxygen atoms in total. The van der Waals surface area contributed by atoms with Crippen molar-refractivity contribution in [2.24, 2.45) is 0 Å². The molecule has 0 aliphatic rings. The molecule has 0 N–H and O–H groups in total. The van der Waals surface area contributed by atoms with Crippen molar-refractivity contribution < 1.29 is 13.6 Å². The number of nitrogens with zero attached hydrogens (tertiary/aromatic N) is 1. The molecule has 0 amide bonds. The van der Waals surface area contributed by atoms with E-state index in [1.165, 1.54) is 0 Å². The first kappa shape index (κ1) is 29.9. The van der Waals surface area contributed by atoms with Crippen LogP contribution in [0.5, 0.6) is 5.75 Å². The molecule has 0 aliphatic heterocycles. The van der Waals surface area contributed by atoms with Crippen molar-refractivity contribution in [3.05, 3.63) is 102 Å². The number of hydrogen-bond donors (Lipinski definition) is 0. The van der Waals surface area contributed by atoms with E-state index < -0.39 is 34.3 Å². The Morgan fingerprint density at radius 1 is 0.711 bits per heavy atom. The molecule has 3 rings (SSSR count). The van der Waals surface area contributed by atoms with Crippen LogP contribution in [0.15, 0.2) is 84.9 Å². The Kier molecular flexibility index (Phi) is 9.10. The molecule has 0 unspecified atom stereocenters. The largest absolute Gasteiger partial charge is 0.497 e. The van der Waals surface area contributed by atoms with Gasteiger partial charge in [0.15, 0.2) is 16.6 Å². The minimum absolute atomic E-state index is 0.0315. The van der Waals surface area contributed by atoms with Gasteiger partial charge in [0.05, 0.1) is 19.3 Å². The molecule has 3 aromatic carbocycles. The Bertz CT molecular complexity index is 1170. The first-order valence-corrected chi connectivity index (χ1v) is 19.6. The lowest BCUT2D eigenvalue weighted by Gasteiger charge is -2.47. The van der Waals surface area contributed by atoms with Crippen LogP contribution < -0.4 is 4.74 Å². The van der Waals surface area contributed by atoms with Crippen molar-refractivity contribution in [1.82, 2.24) is 0 Å². The zero-order chi connectivity index (χ0) is 28.2. The Labute approximate surface area is 231 Å². The van der Waals surface area contributed by atoms with Gasteiger partial charge in [0.25, 0.3) is 0 Å². The fraction of sp³-hybridized carbons (Fsp3) is 0.406. The summed E-state index contributed by atoms with van der Waals surface area (Å²) < 4.78 is 19.8. The Morgan fingerprint density at radius 2 is 1.18 bits per heavy atom. The summed E-state index contributed by atoms with van der Waals surface area (Å²) in [4.78, 5) is 0. The number of rotatable bonds is 10. The summed E-state index contributed by atoms with van der Waals surface area (Å²) in [5, 5.41) is 11.2. The Balaban J connectivity index is 2.39. The Morgan fingerprint density at radius 3 is 1.55 bits per heavy atom. The fourth-order valence-corrected chi connectivity index (χ4v) is 6.75. The van der Waals surface area contributed by atoms with E-state index in [9.17, 15) is 5.26 Å². The zero-order valence-electron chi connectivity index (χ0n) is 24.4. The highest BCUT2D eigenvalue weighted by molar-refractivity contribution is 6.74. The normalized spacial score (nSPS) is 14.4. The van der Waals surface area contributed by atoms with Crippen molar-refractivity contribution in [1.29, 1.82) is 5.26 Å². The number of hydrogen-bond acceptors (Lipinski definition) is 4. The summed E-state index contributed by atoms with van der Waals surface area (Å²) >= 11 is 0. The van der Waals surface area contributed by atoms with Gasteiger partial charge in [-0.2, -0.15) is 5.26 Å². The van der Waals surface area contributed by atoms with E-state index in [1.807, 2.05) is 72.8 Å². The monoisotopic (exact) mass is 545 g/mol. The van der Waals surface area contributed by atoms with Gasteiger partial charge >= 0.3 is 0 Å². The second-order valence-corrected chi connectivity index (χ2v) is 21.6. The predicted molar refractivity (Wildman–Crippen MR) is 162 cm³/mol. The minimum atomic E-state index is -2.31. The summed E-state index contributed by atoms with van der Waals surface area (Å²) in [7, 11) is -2.83. The molecule has 6 heteroatoms. The van der Waals surface area contributed by atoms with E-state index in [1.54, 1.807) is 7.11 Å². The molecule has 0 saturated carbocycles. The highest BCUT2D eigenvalue weighted by Gasteiger charge is 2.52. The molecule has 0 heterocycles. The lowest BCUT2D eigenvalue weighted by molar-refractivity contribution is 0.0120. The molecule has 38 heavy (non-hydrogen) atoms. The topological polar surface area (TPSA) is 51.5 Å². The highest BCUT2D eigenvalue weighted by atomic mass is 28.4. The number of methoxy groups -OCH3 is 1. The van der Waals surface area contributed by atoms with Crippen molar-refractivity contribution in [2.45, 2.75) is 76.2 Å². The maximum absolute atomic E-state index is 11.2. The van der Waals surface area contributed by atoms with Gasteiger partial charge in [0.2, 0.25) is 0 Å². The smallest absolute Gasteiger partial charge is 0.193 e. The van der Waals surface area contributed by atoms with Gasteiger partial charge in [-0.05, 0) is 66.6 Å². The quantitative estimate of drug-likeness (QED) is 0.240. The second kappa shape index (κ2) is 11.6. The lowest BCUT2D eigenvalue weighted by atomic mass is 9.69. The molecule has 0 aliphatic carbocycles. The second-order valence-electron chi connectivity index (χ2n) is 12.4. The van der Waals surface area contributed by atoms with Crippen LogP contribution in [0.4, 0.5) is 0 Å². The fourth-order valence-electron chi connectivity index (χ4n) is 4.44. The summed E-state index contributed by atoms with van der Waals surface area (Å²) in [6, 6.07) is 30.9. The molecular formula is C32H43NO3Si2. The van der Waals surface area contributed by atoms with Crippen LogP contribution in [0.2, 0.25) is 37.8 Å². The van der Waals surface area contributed by atoms with Gasteiger partial charge in [0.1, 0.15) is 17.3 Å². The van der Waals surface area contributed by atoms with Gasteiger partial charge in [-0.3, -0.25) is 0 Å². The van der Waals surface area contributed by atoms with Crippen molar-refractivity contribution in [3.63, 3.8) is 0 Å². The van der Waals surface area contributed by atoms with Gasteiger partial charge in [-0.25, -0.2) is 0 Å². The van der Waals surface area contributed by atoms with Gasteiger partial charge in [0, 0.05) is 0 Å². The van der Waals surface area contributed by atoms with Crippen LogP contribution in [0.1, 0.15) is 43.6 Å². The van der Waals surface area contributed by atoms with Crippen LogP contribution in [0.25, 0.3) is 0 Å². The molecule has 0 fully saturated rings. The summed E-state index contributed by atoms with van der Waals surface area (Å²) in [5.74, 6) is 0.778. The van der Waals surface area contributed by atoms with Crippen molar-refractivity contribution in [3.8, 4) is 11.8 Å². The summed E-state index contributed by atoms with van der Waals surface area (Å²) in [6.45, 7) is 17.8. The van der Waals surface area contributed by atoms with E-state index in [0.717, 1.165) is 22.4 Å². The molecule has 0 spiro atoms. The van der Waals surface area contributed by atoms with Gasteiger partial charge in [-0.15, -0.1) is 0 Å². The van der Waals surface area contributed by atoms with Crippen LogP contribution in [-0.2, 0) is 14.3 Å². The third-order valence-electron chi connectivity index (χ3n) is 7.49. The molecular weight excluding hydrogens is 503 g/mol. The number of nitriles is 1. The highest BCUT2D eigenvalue weighted by Crippen LogP contribution is 2.48. The molecule has 3 aromatic rings. The van der Waals surface area contributed by atoms with Crippen LogP contribution in [-0.4, -0.2) is 29.8 Å². The summed E-state index contributed by atoms with van der Waals surface area (Å²) in [5.41, 5.74) is 1.67. The number of benzene rings is 3.